The molecule has 0 unspecified atom stereocenters. The number of halogens is 1. The predicted molar refractivity (Wildman–Crippen MR) is 68.4 cm³/mol. The molecule has 0 aliphatic heterocycles. The Balaban J connectivity index is 2.54. The maximum atomic E-state index is 11.1. The van der Waals surface area contributed by atoms with Gasteiger partial charge in [0.15, 0.2) is 6.29 Å². The molecule has 3 nitrogen and oxygen atoms in total. The minimum absolute atomic E-state index is 0.417. The number of carbonyl (C=O) groups excluding carboxylic acids is 1. The Morgan fingerprint density at radius 3 is 2.65 bits per heavy atom. The van der Waals surface area contributed by atoms with Gasteiger partial charge in [0.05, 0.1) is 5.56 Å². The molecule has 0 spiro atoms. The molecule has 0 saturated carbocycles. The number of aromatic nitrogens is 2. The Morgan fingerprint density at radius 1 is 1.35 bits per heavy atom. The minimum Gasteiger partial charge on any atom is -0.298 e. The van der Waals surface area contributed by atoms with Crippen LogP contribution >= 0.6 is 11.6 Å². The molecule has 0 saturated heterocycles. The summed E-state index contributed by atoms with van der Waals surface area (Å²) in [6, 6.07) is 9.59. The van der Waals surface area contributed by atoms with Gasteiger partial charge in [-0.1, -0.05) is 48.9 Å². The van der Waals surface area contributed by atoms with Gasteiger partial charge in [-0.05, 0) is 6.42 Å². The van der Waals surface area contributed by atoms with Crippen molar-refractivity contribution in [2.24, 2.45) is 0 Å². The zero-order chi connectivity index (χ0) is 12.3. The van der Waals surface area contributed by atoms with E-state index in [2.05, 4.69) is 5.10 Å². The van der Waals surface area contributed by atoms with Crippen molar-refractivity contribution < 1.29 is 4.79 Å². The van der Waals surface area contributed by atoms with Crippen molar-refractivity contribution >= 4 is 17.9 Å². The fourth-order valence-electron chi connectivity index (χ4n) is 1.73. The number of aldehydes is 1. The van der Waals surface area contributed by atoms with E-state index in [9.17, 15) is 4.79 Å². The topological polar surface area (TPSA) is 34.9 Å². The molecule has 0 atom stereocenters. The quantitative estimate of drug-likeness (QED) is 0.777. The van der Waals surface area contributed by atoms with Gasteiger partial charge in [-0.3, -0.25) is 9.48 Å². The van der Waals surface area contributed by atoms with Crippen LogP contribution in [0.3, 0.4) is 0 Å². The summed E-state index contributed by atoms with van der Waals surface area (Å²) in [5.41, 5.74) is 2.02. The predicted octanol–water partition coefficient (Wildman–Crippen LogP) is 3.43. The maximum absolute atomic E-state index is 11.1. The van der Waals surface area contributed by atoms with Crippen LogP contribution in [0.2, 0.25) is 5.15 Å². The molecule has 1 heterocycles. The Morgan fingerprint density at radius 2 is 2.06 bits per heavy atom. The lowest BCUT2D eigenvalue weighted by molar-refractivity contribution is 0.112. The van der Waals surface area contributed by atoms with Crippen LogP contribution in [0.4, 0.5) is 0 Å². The summed E-state index contributed by atoms with van der Waals surface area (Å²) >= 11 is 6.13. The lowest BCUT2D eigenvalue weighted by atomic mass is 10.1. The summed E-state index contributed by atoms with van der Waals surface area (Å²) in [7, 11) is 0. The van der Waals surface area contributed by atoms with Gasteiger partial charge in [0.1, 0.15) is 10.8 Å². The van der Waals surface area contributed by atoms with Crippen LogP contribution in [0, 0.1) is 0 Å². The summed E-state index contributed by atoms with van der Waals surface area (Å²) in [6.07, 6.45) is 1.69. The standard InChI is InChI=1S/C13H13ClN2O/c1-2-8-16-13(14)11(9-17)12(15-16)10-6-4-3-5-7-10/h3-7,9H,2,8H2,1H3. The van der Waals surface area contributed by atoms with E-state index in [4.69, 9.17) is 11.6 Å². The minimum atomic E-state index is 0.417. The fraction of sp³-hybridized carbons (Fsp3) is 0.231. The molecule has 0 aliphatic rings. The summed E-state index contributed by atoms with van der Waals surface area (Å²) in [5.74, 6) is 0. The molecule has 2 aromatic rings. The molecule has 1 aromatic carbocycles. The molecule has 0 amide bonds. The lowest BCUT2D eigenvalue weighted by Gasteiger charge is -1.98. The van der Waals surface area contributed by atoms with E-state index < -0.39 is 0 Å². The van der Waals surface area contributed by atoms with Crippen molar-refractivity contribution in [3.63, 3.8) is 0 Å². The number of aryl methyl sites for hydroxylation is 1. The molecule has 17 heavy (non-hydrogen) atoms. The average Bonchev–Trinajstić information content (AvgIpc) is 2.68. The summed E-state index contributed by atoms with van der Waals surface area (Å²) < 4.78 is 1.67. The molecule has 0 aliphatic carbocycles. The third-order valence-corrected chi connectivity index (χ3v) is 2.92. The highest BCUT2D eigenvalue weighted by Crippen LogP contribution is 2.27. The van der Waals surface area contributed by atoms with E-state index in [0.717, 1.165) is 18.3 Å². The van der Waals surface area contributed by atoms with Crippen molar-refractivity contribution in [1.82, 2.24) is 9.78 Å². The monoisotopic (exact) mass is 248 g/mol. The van der Waals surface area contributed by atoms with Crippen LogP contribution in [0.15, 0.2) is 30.3 Å². The molecule has 4 heteroatoms. The van der Waals surface area contributed by atoms with Gasteiger partial charge in [0.2, 0.25) is 0 Å². The second-order valence-electron chi connectivity index (χ2n) is 3.76. The highest BCUT2D eigenvalue weighted by atomic mass is 35.5. The van der Waals surface area contributed by atoms with Crippen molar-refractivity contribution in [3.05, 3.63) is 41.0 Å². The van der Waals surface area contributed by atoms with Crippen molar-refractivity contribution in [2.75, 3.05) is 0 Å². The van der Waals surface area contributed by atoms with Crippen molar-refractivity contribution in [1.29, 1.82) is 0 Å². The second kappa shape index (κ2) is 5.15. The Labute approximate surface area is 105 Å². The number of benzene rings is 1. The Hall–Kier alpha value is -1.61. The van der Waals surface area contributed by atoms with E-state index in [-0.39, 0.29) is 0 Å². The molecule has 0 N–H and O–H groups in total. The van der Waals surface area contributed by atoms with Crippen molar-refractivity contribution in [3.8, 4) is 11.3 Å². The number of carbonyl (C=O) groups is 1. The molecular weight excluding hydrogens is 236 g/mol. The van der Waals surface area contributed by atoms with E-state index in [1.165, 1.54) is 0 Å². The normalized spacial score (nSPS) is 10.5. The smallest absolute Gasteiger partial charge is 0.155 e. The third kappa shape index (κ3) is 2.24. The Bertz CT molecular complexity index is 520. The van der Waals surface area contributed by atoms with Crippen molar-refractivity contribution in [2.45, 2.75) is 19.9 Å². The van der Waals surface area contributed by atoms with Crippen LogP contribution in [-0.4, -0.2) is 16.1 Å². The zero-order valence-electron chi connectivity index (χ0n) is 9.56. The molecular formula is C13H13ClN2O. The highest BCUT2D eigenvalue weighted by Gasteiger charge is 2.16. The van der Waals surface area contributed by atoms with Gasteiger partial charge in [-0.2, -0.15) is 5.10 Å². The second-order valence-corrected chi connectivity index (χ2v) is 4.12. The maximum Gasteiger partial charge on any atom is 0.155 e. The molecule has 2 rings (SSSR count). The molecule has 0 bridgehead atoms. The van der Waals surface area contributed by atoms with Crippen LogP contribution in [0.25, 0.3) is 11.3 Å². The first-order chi connectivity index (χ1) is 8.27. The molecule has 1 aromatic heterocycles. The third-order valence-electron chi connectivity index (χ3n) is 2.53. The van der Waals surface area contributed by atoms with Gasteiger partial charge in [-0.25, -0.2) is 0 Å². The first-order valence-corrected chi connectivity index (χ1v) is 5.92. The first kappa shape index (κ1) is 11.9. The average molecular weight is 249 g/mol. The van der Waals surface area contributed by atoms with Crippen LogP contribution in [0.5, 0.6) is 0 Å². The number of hydrogen-bond donors (Lipinski definition) is 0. The van der Waals surface area contributed by atoms with E-state index >= 15 is 0 Å². The number of nitrogens with zero attached hydrogens (tertiary/aromatic N) is 2. The van der Waals surface area contributed by atoms with Gasteiger partial charge >= 0.3 is 0 Å². The lowest BCUT2D eigenvalue weighted by Crippen LogP contribution is -1.98. The fourth-order valence-corrected chi connectivity index (χ4v) is 1.99. The van der Waals surface area contributed by atoms with Gasteiger partial charge in [-0.15, -0.1) is 0 Å². The van der Waals surface area contributed by atoms with E-state index in [0.29, 0.717) is 23.0 Å². The Kier molecular flexibility index (Phi) is 3.59. The van der Waals surface area contributed by atoms with Crippen LogP contribution in [0.1, 0.15) is 23.7 Å². The van der Waals surface area contributed by atoms with Crippen LogP contribution < -0.4 is 0 Å². The first-order valence-electron chi connectivity index (χ1n) is 5.54. The van der Waals surface area contributed by atoms with E-state index in [1.54, 1.807) is 4.68 Å². The number of hydrogen-bond acceptors (Lipinski definition) is 2. The molecule has 0 radical (unpaired) electrons. The summed E-state index contributed by atoms with van der Waals surface area (Å²) in [6.45, 7) is 2.76. The van der Waals surface area contributed by atoms with Gasteiger partial charge < -0.3 is 0 Å². The largest absolute Gasteiger partial charge is 0.298 e. The SMILES string of the molecule is CCCn1nc(-c2ccccc2)c(C=O)c1Cl. The van der Waals surface area contributed by atoms with Gasteiger partial charge in [0, 0.05) is 12.1 Å². The molecule has 0 fully saturated rings. The number of rotatable bonds is 4. The summed E-state index contributed by atoms with van der Waals surface area (Å²) in [5, 5.41) is 4.81. The highest BCUT2D eigenvalue weighted by molar-refractivity contribution is 6.32. The summed E-state index contributed by atoms with van der Waals surface area (Å²) in [4.78, 5) is 11.1. The van der Waals surface area contributed by atoms with Gasteiger partial charge in [0.25, 0.3) is 0 Å². The van der Waals surface area contributed by atoms with Crippen LogP contribution in [-0.2, 0) is 6.54 Å². The zero-order valence-corrected chi connectivity index (χ0v) is 10.3. The molecule has 88 valence electrons. The van der Waals surface area contributed by atoms with E-state index in [1.807, 2.05) is 37.3 Å².